The lowest BCUT2D eigenvalue weighted by Gasteiger charge is -2.10. The number of hydrogen-bond donors (Lipinski definition) is 0. The standard InChI is InChI=1S/C16H20N2O2/c1-3-10-18-11-9-17-16(18)12-14(19)13-7-5-6-8-15(13)20-4-2/h5-9,11H,3-4,10,12H2,1-2H3. The molecule has 0 spiro atoms. The van der Waals surface area contributed by atoms with Gasteiger partial charge in [-0.15, -0.1) is 0 Å². The third-order valence-electron chi connectivity index (χ3n) is 3.07. The van der Waals surface area contributed by atoms with E-state index >= 15 is 0 Å². The number of rotatable bonds is 7. The average molecular weight is 272 g/mol. The van der Waals surface area contributed by atoms with Crippen LogP contribution < -0.4 is 4.74 Å². The van der Waals surface area contributed by atoms with Gasteiger partial charge in [-0.1, -0.05) is 19.1 Å². The maximum atomic E-state index is 12.4. The van der Waals surface area contributed by atoms with E-state index in [1.54, 1.807) is 12.3 Å². The van der Waals surface area contributed by atoms with Crippen LogP contribution in [0, 0.1) is 0 Å². The van der Waals surface area contributed by atoms with Crippen molar-refractivity contribution in [2.24, 2.45) is 0 Å². The van der Waals surface area contributed by atoms with Gasteiger partial charge < -0.3 is 9.30 Å². The second kappa shape index (κ2) is 6.89. The van der Waals surface area contributed by atoms with Gasteiger partial charge in [-0.05, 0) is 25.5 Å². The van der Waals surface area contributed by atoms with Crippen LogP contribution in [0.3, 0.4) is 0 Å². The second-order valence-electron chi connectivity index (χ2n) is 4.57. The van der Waals surface area contributed by atoms with E-state index in [9.17, 15) is 4.79 Å². The molecule has 0 saturated heterocycles. The van der Waals surface area contributed by atoms with Gasteiger partial charge in [-0.25, -0.2) is 4.98 Å². The molecule has 1 aromatic carbocycles. The summed E-state index contributed by atoms with van der Waals surface area (Å²) in [6, 6.07) is 7.36. The summed E-state index contributed by atoms with van der Waals surface area (Å²) in [6.07, 6.45) is 4.98. The molecule has 106 valence electrons. The number of carbonyl (C=O) groups excluding carboxylic acids is 1. The third kappa shape index (κ3) is 3.26. The summed E-state index contributed by atoms with van der Waals surface area (Å²) in [4.78, 5) is 16.7. The molecule has 1 aromatic heterocycles. The molecule has 0 amide bonds. The van der Waals surface area contributed by atoms with Crippen LogP contribution in [0.25, 0.3) is 0 Å². The lowest BCUT2D eigenvalue weighted by atomic mass is 10.1. The fourth-order valence-corrected chi connectivity index (χ4v) is 2.17. The Morgan fingerprint density at radius 1 is 1.30 bits per heavy atom. The summed E-state index contributed by atoms with van der Waals surface area (Å²) in [5.74, 6) is 1.49. The number of ketones is 1. The fourth-order valence-electron chi connectivity index (χ4n) is 2.17. The maximum Gasteiger partial charge on any atom is 0.174 e. The summed E-state index contributed by atoms with van der Waals surface area (Å²) in [6.45, 7) is 5.45. The highest BCUT2D eigenvalue weighted by Gasteiger charge is 2.15. The van der Waals surface area contributed by atoms with Crippen LogP contribution in [0.1, 0.15) is 36.5 Å². The van der Waals surface area contributed by atoms with E-state index in [1.165, 1.54) is 0 Å². The molecule has 0 fully saturated rings. The van der Waals surface area contributed by atoms with Crippen molar-refractivity contribution in [2.75, 3.05) is 6.61 Å². The largest absolute Gasteiger partial charge is 0.493 e. The van der Waals surface area contributed by atoms with E-state index in [4.69, 9.17) is 4.74 Å². The molecule has 0 saturated carbocycles. The van der Waals surface area contributed by atoms with Gasteiger partial charge in [0.2, 0.25) is 0 Å². The summed E-state index contributed by atoms with van der Waals surface area (Å²) >= 11 is 0. The first-order valence-corrected chi connectivity index (χ1v) is 7.01. The minimum atomic E-state index is 0.0394. The lowest BCUT2D eigenvalue weighted by molar-refractivity contribution is 0.0986. The van der Waals surface area contributed by atoms with Crippen LogP contribution in [0.2, 0.25) is 0 Å². The predicted octanol–water partition coefficient (Wildman–Crippen LogP) is 3.12. The van der Waals surface area contributed by atoms with Crippen molar-refractivity contribution in [3.05, 3.63) is 48.0 Å². The molecule has 2 aromatic rings. The Morgan fingerprint density at radius 2 is 2.10 bits per heavy atom. The Labute approximate surface area is 119 Å². The van der Waals surface area contributed by atoms with E-state index in [-0.39, 0.29) is 5.78 Å². The SMILES string of the molecule is CCCn1ccnc1CC(=O)c1ccccc1OCC. The Morgan fingerprint density at radius 3 is 2.85 bits per heavy atom. The molecule has 20 heavy (non-hydrogen) atoms. The summed E-state index contributed by atoms with van der Waals surface area (Å²) in [5.41, 5.74) is 0.625. The zero-order chi connectivity index (χ0) is 14.4. The summed E-state index contributed by atoms with van der Waals surface area (Å²) in [7, 11) is 0. The molecular formula is C16H20N2O2. The smallest absolute Gasteiger partial charge is 0.174 e. The van der Waals surface area contributed by atoms with Gasteiger partial charge in [0.05, 0.1) is 18.6 Å². The molecule has 2 rings (SSSR count). The Bertz CT molecular complexity index is 575. The molecule has 1 heterocycles. The normalized spacial score (nSPS) is 10.5. The summed E-state index contributed by atoms with van der Waals surface area (Å²) in [5, 5.41) is 0. The number of benzene rings is 1. The number of nitrogens with zero attached hydrogens (tertiary/aromatic N) is 2. The van der Waals surface area contributed by atoms with E-state index in [1.807, 2.05) is 35.9 Å². The van der Waals surface area contributed by atoms with Gasteiger partial charge >= 0.3 is 0 Å². The van der Waals surface area contributed by atoms with Gasteiger partial charge in [0.1, 0.15) is 11.6 Å². The third-order valence-corrected chi connectivity index (χ3v) is 3.07. The van der Waals surface area contributed by atoms with Crippen molar-refractivity contribution >= 4 is 5.78 Å². The summed E-state index contributed by atoms with van der Waals surface area (Å²) < 4.78 is 7.54. The van der Waals surface area contributed by atoms with E-state index in [0.29, 0.717) is 24.3 Å². The van der Waals surface area contributed by atoms with E-state index in [0.717, 1.165) is 18.8 Å². The van der Waals surface area contributed by atoms with Crippen molar-refractivity contribution in [1.82, 2.24) is 9.55 Å². The zero-order valence-corrected chi connectivity index (χ0v) is 12.0. The Balaban J connectivity index is 2.17. The number of ether oxygens (including phenoxy) is 1. The molecular weight excluding hydrogens is 252 g/mol. The molecule has 0 aliphatic heterocycles. The Hall–Kier alpha value is -2.10. The first-order chi connectivity index (χ1) is 9.76. The molecule has 0 atom stereocenters. The number of hydrogen-bond acceptors (Lipinski definition) is 3. The van der Waals surface area contributed by atoms with Crippen molar-refractivity contribution in [1.29, 1.82) is 0 Å². The topological polar surface area (TPSA) is 44.1 Å². The second-order valence-corrected chi connectivity index (χ2v) is 4.57. The van der Waals surface area contributed by atoms with E-state index < -0.39 is 0 Å². The predicted molar refractivity (Wildman–Crippen MR) is 78.2 cm³/mol. The van der Waals surface area contributed by atoms with Crippen LogP contribution in [-0.2, 0) is 13.0 Å². The van der Waals surface area contributed by atoms with E-state index in [2.05, 4.69) is 11.9 Å². The monoisotopic (exact) mass is 272 g/mol. The Kier molecular flexibility index (Phi) is 4.93. The maximum absolute atomic E-state index is 12.4. The van der Waals surface area contributed by atoms with Crippen molar-refractivity contribution < 1.29 is 9.53 Å². The van der Waals surface area contributed by atoms with Crippen LogP contribution in [-0.4, -0.2) is 21.9 Å². The highest BCUT2D eigenvalue weighted by Crippen LogP contribution is 2.20. The zero-order valence-electron chi connectivity index (χ0n) is 12.0. The van der Waals surface area contributed by atoms with Gasteiger partial charge in [0, 0.05) is 18.9 Å². The van der Waals surface area contributed by atoms with Crippen molar-refractivity contribution in [3.63, 3.8) is 0 Å². The number of Topliss-reactive ketones (excluding diaryl/α,β-unsaturated/α-hetero) is 1. The average Bonchev–Trinajstić information content (AvgIpc) is 2.87. The fraction of sp³-hybridized carbons (Fsp3) is 0.375. The number of carbonyl (C=O) groups is 1. The quantitative estimate of drug-likeness (QED) is 0.727. The van der Waals surface area contributed by atoms with Gasteiger partial charge in [-0.3, -0.25) is 4.79 Å². The molecule has 0 aliphatic rings. The number of aryl methyl sites for hydroxylation is 1. The highest BCUT2D eigenvalue weighted by atomic mass is 16.5. The number of imidazole rings is 1. The highest BCUT2D eigenvalue weighted by molar-refractivity contribution is 5.99. The molecule has 0 N–H and O–H groups in total. The van der Waals surface area contributed by atoms with Gasteiger partial charge in [0.15, 0.2) is 5.78 Å². The molecule has 4 nitrogen and oxygen atoms in total. The van der Waals surface area contributed by atoms with Crippen LogP contribution in [0.4, 0.5) is 0 Å². The van der Waals surface area contributed by atoms with Crippen molar-refractivity contribution in [3.8, 4) is 5.75 Å². The molecule has 0 unspecified atom stereocenters. The minimum absolute atomic E-state index is 0.0394. The molecule has 0 bridgehead atoms. The van der Waals surface area contributed by atoms with Gasteiger partial charge in [-0.2, -0.15) is 0 Å². The molecule has 4 heteroatoms. The molecule has 0 radical (unpaired) electrons. The number of aromatic nitrogens is 2. The van der Waals surface area contributed by atoms with Crippen molar-refractivity contribution in [2.45, 2.75) is 33.2 Å². The molecule has 0 aliphatic carbocycles. The first-order valence-electron chi connectivity index (χ1n) is 7.01. The minimum Gasteiger partial charge on any atom is -0.493 e. The van der Waals surface area contributed by atoms with Crippen LogP contribution >= 0.6 is 0 Å². The lowest BCUT2D eigenvalue weighted by Crippen LogP contribution is -2.11. The van der Waals surface area contributed by atoms with Crippen LogP contribution in [0.5, 0.6) is 5.75 Å². The van der Waals surface area contributed by atoms with Gasteiger partial charge in [0.25, 0.3) is 0 Å². The van der Waals surface area contributed by atoms with Crippen LogP contribution in [0.15, 0.2) is 36.7 Å². The first kappa shape index (κ1) is 14.3. The number of para-hydroxylation sites is 1.